The number of rotatable bonds is 5. The largest absolute Gasteiger partial charge is 0.497 e. The van der Waals surface area contributed by atoms with Gasteiger partial charge in [-0.1, -0.05) is 0 Å². The predicted molar refractivity (Wildman–Crippen MR) is 102 cm³/mol. The summed E-state index contributed by atoms with van der Waals surface area (Å²) >= 11 is 0. The summed E-state index contributed by atoms with van der Waals surface area (Å²) in [5.41, 5.74) is 5.77. The number of guanidine groups is 1. The number of nitrogens with one attached hydrogen (secondary N) is 1. The second kappa shape index (κ2) is 8.55. The van der Waals surface area contributed by atoms with E-state index in [9.17, 15) is 5.11 Å². The normalized spacial score (nSPS) is 21.7. The van der Waals surface area contributed by atoms with Crippen LogP contribution in [0.2, 0.25) is 0 Å². The minimum Gasteiger partial charge on any atom is -0.497 e. The van der Waals surface area contributed by atoms with Gasteiger partial charge >= 0.3 is 0 Å². The van der Waals surface area contributed by atoms with Gasteiger partial charge in [-0.25, -0.2) is 0 Å². The first kappa shape index (κ1) is 19.8. The molecule has 1 aromatic rings. The van der Waals surface area contributed by atoms with E-state index < -0.39 is 5.60 Å². The molecule has 1 saturated heterocycles. The monoisotopic (exact) mass is 436 g/mol. The zero-order valence-electron chi connectivity index (χ0n) is 13.7. The van der Waals surface area contributed by atoms with Crippen molar-refractivity contribution in [1.82, 2.24) is 4.90 Å². The molecule has 23 heavy (non-hydrogen) atoms. The molecule has 1 aliphatic rings. The summed E-state index contributed by atoms with van der Waals surface area (Å²) in [4.78, 5) is 6.32. The van der Waals surface area contributed by atoms with Crippen LogP contribution in [0, 0.1) is 0 Å². The fraction of sp³-hybridized carbons (Fsp3) is 0.533. The SMILES string of the molecule is COc1ccc(OC)c(NC(N)=NCC2(O)CCN(C)C2)c1.I. The maximum atomic E-state index is 10.4. The van der Waals surface area contributed by atoms with Crippen LogP contribution in [0.15, 0.2) is 23.2 Å². The molecule has 0 aromatic heterocycles. The van der Waals surface area contributed by atoms with Crippen molar-refractivity contribution in [3.63, 3.8) is 0 Å². The zero-order valence-corrected chi connectivity index (χ0v) is 16.0. The molecule has 0 radical (unpaired) electrons. The Balaban J connectivity index is 0.00000264. The molecule has 1 fully saturated rings. The number of anilines is 1. The average Bonchev–Trinajstić information content (AvgIpc) is 2.85. The second-order valence-corrected chi connectivity index (χ2v) is 5.60. The van der Waals surface area contributed by atoms with Gasteiger partial charge in [0.25, 0.3) is 0 Å². The molecule has 0 saturated carbocycles. The Kier molecular flexibility index (Phi) is 7.36. The van der Waals surface area contributed by atoms with E-state index in [-0.39, 0.29) is 36.5 Å². The first-order valence-corrected chi connectivity index (χ1v) is 7.16. The van der Waals surface area contributed by atoms with Gasteiger partial charge in [0.05, 0.1) is 32.1 Å². The highest BCUT2D eigenvalue weighted by Gasteiger charge is 2.34. The lowest BCUT2D eigenvalue weighted by molar-refractivity contribution is 0.0615. The van der Waals surface area contributed by atoms with E-state index in [1.807, 2.05) is 7.05 Å². The smallest absolute Gasteiger partial charge is 0.193 e. The third kappa shape index (κ3) is 5.40. The van der Waals surface area contributed by atoms with Gasteiger partial charge in [0.1, 0.15) is 11.5 Å². The molecule has 1 atom stereocenters. The summed E-state index contributed by atoms with van der Waals surface area (Å²) in [6.45, 7) is 1.73. The number of likely N-dealkylation sites (tertiary alicyclic amines) is 1. The molecule has 8 heteroatoms. The van der Waals surface area contributed by atoms with Gasteiger partial charge in [-0.2, -0.15) is 0 Å². The molecule has 1 aromatic carbocycles. The van der Waals surface area contributed by atoms with Gasteiger partial charge in [-0.05, 0) is 25.6 Å². The number of nitrogens with two attached hydrogens (primary N) is 1. The standard InChI is InChI=1S/C15H24N4O3.HI/c1-19-7-6-15(20,10-19)9-17-14(16)18-12-8-11(21-2)4-5-13(12)22-3;/h4-5,8,20H,6-7,9-10H2,1-3H3,(H3,16,17,18);1H. The van der Waals surface area contributed by atoms with Crippen LogP contribution in [-0.2, 0) is 0 Å². The van der Waals surface area contributed by atoms with Crippen LogP contribution in [0.1, 0.15) is 6.42 Å². The number of nitrogens with zero attached hydrogens (tertiary/aromatic N) is 2. The minimum absolute atomic E-state index is 0. The quantitative estimate of drug-likeness (QED) is 0.364. The van der Waals surface area contributed by atoms with Crippen molar-refractivity contribution in [3.8, 4) is 11.5 Å². The van der Waals surface area contributed by atoms with Crippen LogP contribution in [0.5, 0.6) is 11.5 Å². The molecule has 4 N–H and O–H groups in total. The topological polar surface area (TPSA) is 92.3 Å². The lowest BCUT2D eigenvalue weighted by atomic mass is 10.0. The van der Waals surface area contributed by atoms with Crippen LogP contribution in [0.25, 0.3) is 0 Å². The maximum absolute atomic E-state index is 10.4. The molecule has 130 valence electrons. The van der Waals surface area contributed by atoms with Crippen molar-refractivity contribution in [2.24, 2.45) is 10.7 Å². The van der Waals surface area contributed by atoms with Gasteiger partial charge in [0.2, 0.25) is 0 Å². The maximum Gasteiger partial charge on any atom is 0.193 e. The Morgan fingerprint density at radius 3 is 2.74 bits per heavy atom. The van der Waals surface area contributed by atoms with Crippen molar-refractivity contribution in [1.29, 1.82) is 0 Å². The summed E-state index contributed by atoms with van der Waals surface area (Å²) < 4.78 is 10.5. The highest BCUT2D eigenvalue weighted by atomic mass is 127. The van der Waals surface area contributed by atoms with E-state index in [2.05, 4.69) is 15.2 Å². The van der Waals surface area contributed by atoms with E-state index in [0.717, 1.165) is 6.54 Å². The number of hydrogen-bond acceptors (Lipinski definition) is 5. The van der Waals surface area contributed by atoms with E-state index in [1.54, 1.807) is 32.4 Å². The van der Waals surface area contributed by atoms with Crippen LogP contribution >= 0.6 is 24.0 Å². The van der Waals surface area contributed by atoms with Crippen molar-refractivity contribution < 1.29 is 14.6 Å². The number of aliphatic imine (C=N–C) groups is 1. The minimum atomic E-state index is -0.806. The number of hydrogen-bond donors (Lipinski definition) is 3. The van der Waals surface area contributed by atoms with Crippen LogP contribution in [0.4, 0.5) is 5.69 Å². The highest BCUT2D eigenvalue weighted by Crippen LogP contribution is 2.28. The molecule has 0 amide bonds. The summed E-state index contributed by atoms with van der Waals surface area (Å²) in [6, 6.07) is 5.36. The molecular weight excluding hydrogens is 411 g/mol. The lowest BCUT2D eigenvalue weighted by Gasteiger charge is -2.20. The average molecular weight is 436 g/mol. The molecule has 7 nitrogen and oxygen atoms in total. The first-order chi connectivity index (χ1) is 10.5. The Hall–Kier alpha value is -1.26. The molecule has 0 bridgehead atoms. The summed E-state index contributed by atoms with van der Waals surface area (Å²) in [6.07, 6.45) is 0.697. The van der Waals surface area contributed by atoms with Gasteiger partial charge < -0.3 is 30.5 Å². The molecule has 1 unspecified atom stereocenters. The number of likely N-dealkylation sites (N-methyl/N-ethyl adjacent to an activating group) is 1. The van der Waals surface area contributed by atoms with Crippen molar-refractivity contribution in [3.05, 3.63) is 18.2 Å². The number of β-amino-alcohol motifs (C(OH)–C–C–N with tert-alkyl or cyclic N) is 1. The van der Waals surface area contributed by atoms with Crippen LogP contribution in [-0.4, -0.2) is 62.5 Å². The van der Waals surface area contributed by atoms with Gasteiger partial charge in [0.15, 0.2) is 5.96 Å². The first-order valence-electron chi connectivity index (χ1n) is 7.16. The molecule has 1 aliphatic heterocycles. The van der Waals surface area contributed by atoms with Crippen molar-refractivity contribution >= 4 is 35.6 Å². The Labute approximate surface area is 153 Å². The lowest BCUT2D eigenvalue weighted by Crippen LogP contribution is -2.37. The second-order valence-electron chi connectivity index (χ2n) is 5.60. The summed E-state index contributed by atoms with van der Waals surface area (Å²) in [5.74, 6) is 1.56. The molecular formula is C15H25IN4O3. The molecule has 0 spiro atoms. The predicted octanol–water partition coefficient (Wildman–Crippen LogP) is 1.11. The molecule has 1 heterocycles. The number of ether oxygens (including phenoxy) is 2. The third-order valence-electron chi connectivity index (χ3n) is 3.74. The number of methoxy groups -OCH3 is 2. The number of benzene rings is 1. The van der Waals surface area contributed by atoms with Crippen LogP contribution < -0.4 is 20.5 Å². The molecule has 2 rings (SSSR count). The van der Waals surface area contributed by atoms with E-state index in [0.29, 0.717) is 30.2 Å². The summed E-state index contributed by atoms with van der Waals surface area (Å²) in [5, 5.41) is 13.4. The van der Waals surface area contributed by atoms with Gasteiger partial charge in [-0.3, -0.25) is 4.99 Å². The number of halogens is 1. The van der Waals surface area contributed by atoms with E-state index in [1.165, 1.54) is 0 Å². The van der Waals surface area contributed by atoms with Crippen molar-refractivity contribution in [2.75, 3.05) is 46.2 Å². The Bertz CT molecular complexity index is 556. The van der Waals surface area contributed by atoms with E-state index in [4.69, 9.17) is 15.2 Å². The zero-order chi connectivity index (χ0) is 16.2. The third-order valence-corrected chi connectivity index (χ3v) is 3.74. The fourth-order valence-electron chi connectivity index (χ4n) is 2.51. The summed E-state index contributed by atoms with van der Waals surface area (Å²) in [7, 11) is 5.15. The highest BCUT2D eigenvalue weighted by molar-refractivity contribution is 14.0. The molecule has 0 aliphatic carbocycles. The fourth-order valence-corrected chi connectivity index (χ4v) is 2.51. The van der Waals surface area contributed by atoms with Gasteiger partial charge in [0, 0.05) is 19.2 Å². The Morgan fingerprint density at radius 2 is 2.17 bits per heavy atom. The van der Waals surface area contributed by atoms with E-state index >= 15 is 0 Å². The Morgan fingerprint density at radius 1 is 1.43 bits per heavy atom. The van der Waals surface area contributed by atoms with Crippen LogP contribution in [0.3, 0.4) is 0 Å². The van der Waals surface area contributed by atoms with Crippen molar-refractivity contribution in [2.45, 2.75) is 12.0 Å². The number of aliphatic hydroxyl groups is 1. The van der Waals surface area contributed by atoms with Gasteiger partial charge in [-0.15, -0.1) is 24.0 Å².